The van der Waals surface area contributed by atoms with Crippen LogP contribution >= 0.6 is 0 Å². The molecule has 0 radical (unpaired) electrons. The van der Waals surface area contributed by atoms with Gasteiger partial charge in [0.15, 0.2) is 0 Å². The van der Waals surface area contributed by atoms with E-state index in [2.05, 4.69) is 0 Å². The Labute approximate surface area is 117 Å². The van der Waals surface area contributed by atoms with Gasteiger partial charge in [0.25, 0.3) is 0 Å². The van der Waals surface area contributed by atoms with Crippen molar-refractivity contribution in [2.45, 2.75) is 19.9 Å². The van der Waals surface area contributed by atoms with Crippen LogP contribution in [0.2, 0.25) is 0 Å². The van der Waals surface area contributed by atoms with Crippen molar-refractivity contribution >= 4 is 26.7 Å². The van der Waals surface area contributed by atoms with Gasteiger partial charge in [0.1, 0.15) is 9.84 Å². The molecule has 20 heavy (non-hydrogen) atoms. The Bertz CT molecular complexity index is 731. The maximum absolute atomic E-state index is 11.4. The first-order chi connectivity index (χ1) is 9.43. The molecule has 0 atom stereocenters. The van der Waals surface area contributed by atoms with E-state index in [0.717, 1.165) is 10.9 Å². The molecular weight excluding hydrogens is 278 g/mol. The van der Waals surface area contributed by atoms with Crippen molar-refractivity contribution < 1.29 is 18.3 Å². The molecule has 0 amide bonds. The second kappa shape index (κ2) is 5.66. The van der Waals surface area contributed by atoms with Gasteiger partial charge in [-0.3, -0.25) is 0 Å². The normalized spacial score (nSPS) is 11.8. The lowest BCUT2D eigenvalue weighted by Gasteiger charge is -2.06. The van der Waals surface area contributed by atoms with Crippen LogP contribution in [0.3, 0.4) is 0 Å². The van der Waals surface area contributed by atoms with Gasteiger partial charge in [0.2, 0.25) is 0 Å². The van der Waals surface area contributed by atoms with Crippen LogP contribution in [0.25, 0.3) is 10.9 Å². The summed E-state index contributed by atoms with van der Waals surface area (Å²) in [5, 5.41) is 9.95. The Kier molecular flexibility index (Phi) is 4.13. The lowest BCUT2D eigenvalue weighted by Crippen LogP contribution is -2.11. The first-order valence-corrected chi connectivity index (χ1v) is 8.27. The van der Waals surface area contributed by atoms with Crippen LogP contribution in [0.1, 0.15) is 23.7 Å². The third kappa shape index (κ3) is 3.19. The average Bonchev–Trinajstić information content (AvgIpc) is 2.81. The molecule has 1 aromatic carbocycles. The molecule has 0 fully saturated rings. The molecule has 0 aliphatic carbocycles. The smallest absolute Gasteiger partial charge is 0.335 e. The van der Waals surface area contributed by atoms with Crippen molar-refractivity contribution in [1.29, 1.82) is 0 Å². The highest BCUT2D eigenvalue weighted by molar-refractivity contribution is 7.91. The van der Waals surface area contributed by atoms with Gasteiger partial charge in [-0.1, -0.05) is 13.0 Å². The second-order valence-corrected chi connectivity index (χ2v) is 7.15. The lowest BCUT2D eigenvalue weighted by molar-refractivity contribution is 0.0697. The Hall–Kier alpha value is -1.82. The fraction of sp³-hybridized carbons (Fsp3) is 0.357. The van der Waals surface area contributed by atoms with Crippen molar-refractivity contribution in [1.82, 2.24) is 4.57 Å². The average molecular weight is 295 g/mol. The lowest BCUT2D eigenvalue weighted by atomic mass is 10.1. The highest BCUT2D eigenvalue weighted by Gasteiger charge is 2.09. The second-order valence-electron chi connectivity index (χ2n) is 4.68. The molecule has 0 bridgehead atoms. The number of carboxylic acid groups (broad SMARTS) is 1. The van der Waals surface area contributed by atoms with Gasteiger partial charge >= 0.3 is 5.97 Å². The topological polar surface area (TPSA) is 76.4 Å². The minimum absolute atomic E-state index is 0.155. The monoisotopic (exact) mass is 295 g/mol. The van der Waals surface area contributed by atoms with Crippen molar-refractivity contribution in [3.05, 3.63) is 36.0 Å². The van der Waals surface area contributed by atoms with Crippen LogP contribution in [0.5, 0.6) is 0 Å². The molecular formula is C14H17NO4S. The van der Waals surface area contributed by atoms with Crippen LogP contribution in [0.4, 0.5) is 0 Å². The number of carboxylic acids is 1. The Morgan fingerprint density at radius 3 is 2.70 bits per heavy atom. The molecule has 0 saturated carbocycles. The number of benzene rings is 1. The minimum atomic E-state index is -2.96. The standard InChI is InChI=1S/C14H17NO4S/c1-2-20(18,19)9-3-7-15-8-6-11-4-5-12(14(16)17)10-13(11)15/h4-6,8,10H,2-3,7,9H2,1H3,(H,16,17). The van der Waals surface area contributed by atoms with E-state index in [0.29, 0.717) is 13.0 Å². The number of carbonyl (C=O) groups is 1. The molecule has 2 rings (SSSR count). The maximum atomic E-state index is 11.4. The molecule has 0 spiro atoms. The zero-order valence-electron chi connectivity index (χ0n) is 11.2. The molecule has 0 aliphatic rings. The number of rotatable bonds is 6. The van der Waals surface area contributed by atoms with E-state index >= 15 is 0 Å². The number of aromatic carboxylic acids is 1. The molecule has 108 valence electrons. The first kappa shape index (κ1) is 14.6. The summed E-state index contributed by atoms with van der Waals surface area (Å²) >= 11 is 0. The van der Waals surface area contributed by atoms with Crippen LogP contribution in [-0.2, 0) is 16.4 Å². The molecule has 6 heteroatoms. The van der Waals surface area contributed by atoms with Gasteiger partial charge in [-0.15, -0.1) is 0 Å². The molecule has 0 aliphatic heterocycles. The zero-order chi connectivity index (χ0) is 14.8. The van der Waals surface area contributed by atoms with Crippen LogP contribution in [0, 0.1) is 0 Å². The van der Waals surface area contributed by atoms with E-state index in [9.17, 15) is 13.2 Å². The minimum Gasteiger partial charge on any atom is -0.478 e. The largest absolute Gasteiger partial charge is 0.478 e. The molecule has 1 N–H and O–H groups in total. The SMILES string of the molecule is CCS(=O)(=O)CCCn1ccc2ccc(C(=O)O)cc21. The first-order valence-electron chi connectivity index (χ1n) is 6.45. The van der Waals surface area contributed by atoms with E-state index in [1.165, 1.54) is 0 Å². The number of fused-ring (bicyclic) bond motifs is 1. The Balaban J connectivity index is 2.18. The van der Waals surface area contributed by atoms with Crippen molar-refractivity contribution in [2.75, 3.05) is 11.5 Å². The van der Waals surface area contributed by atoms with Crippen molar-refractivity contribution in [2.24, 2.45) is 0 Å². The van der Waals surface area contributed by atoms with Gasteiger partial charge in [0.05, 0.1) is 11.3 Å². The summed E-state index contributed by atoms with van der Waals surface area (Å²) in [4.78, 5) is 11.0. The summed E-state index contributed by atoms with van der Waals surface area (Å²) in [6, 6.07) is 6.84. The van der Waals surface area contributed by atoms with E-state index in [4.69, 9.17) is 5.11 Å². The Morgan fingerprint density at radius 1 is 1.30 bits per heavy atom. The van der Waals surface area contributed by atoms with Gasteiger partial charge in [0, 0.05) is 24.0 Å². The van der Waals surface area contributed by atoms with E-state index in [1.54, 1.807) is 25.1 Å². The van der Waals surface area contributed by atoms with Gasteiger partial charge in [-0.2, -0.15) is 0 Å². The summed E-state index contributed by atoms with van der Waals surface area (Å²) in [6.45, 7) is 2.20. The summed E-state index contributed by atoms with van der Waals surface area (Å²) in [6.07, 6.45) is 2.38. The number of aryl methyl sites for hydroxylation is 1. The summed E-state index contributed by atoms with van der Waals surface area (Å²) in [7, 11) is -2.96. The predicted octanol–water partition coefficient (Wildman–Crippen LogP) is 2.16. The fourth-order valence-corrected chi connectivity index (χ4v) is 2.97. The molecule has 0 unspecified atom stereocenters. The van der Waals surface area contributed by atoms with Gasteiger partial charge in [-0.25, -0.2) is 13.2 Å². The number of aromatic nitrogens is 1. The highest BCUT2D eigenvalue weighted by Crippen LogP contribution is 2.18. The predicted molar refractivity (Wildman–Crippen MR) is 77.8 cm³/mol. The summed E-state index contributed by atoms with van der Waals surface area (Å²) in [5.41, 5.74) is 1.05. The highest BCUT2D eigenvalue weighted by atomic mass is 32.2. The zero-order valence-corrected chi connectivity index (χ0v) is 12.1. The number of hydrogen-bond donors (Lipinski definition) is 1. The summed E-state index contributed by atoms with van der Waals surface area (Å²) in [5.74, 6) is -0.655. The van der Waals surface area contributed by atoms with Crippen LogP contribution in [-0.4, -0.2) is 35.6 Å². The van der Waals surface area contributed by atoms with E-state index in [1.807, 2.05) is 16.8 Å². The number of sulfone groups is 1. The molecule has 5 nitrogen and oxygen atoms in total. The van der Waals surface area contributed by atoms with E-state index in [-0.39, 0.29) is 17.1 Å². The molecule has 0 saturated heterocycles. The van der Waals surface area contributed by atoms with Gasteiger partial charge < -0.3 is 9.67 Å². The van der Waals surface area contributed by atoms with Gasteiger partial charge in [-0.05, 0) is 30.0 Å². The van der Waals surface area contributed by atoms with Crippen LogP contribution in [0.15, 0.2) is 30.5 Å². The van der Waals surface area contributed by atoms with Crippen LogP contribution < -0.4 is 0 Å². The quantitative estimate of drug-likeness (QED) is 0.886. The number of nitrogens with zero attached hydrogens (tertiary/aromatic N) is 1. The summed E-state index contributed by atoms with van der Waals surface area (Å²) < 4.78 is 24.8. The fourth-order valence-electron chi connectivity index (χ4n) is 2.11. The van der Waals surface area contributed by atoms with Crippen molar-refractivity contribution in [3.63, 3.8) is 0 Å². The molecule has 1 aromatic heterocycles. The number of hydrogen-bond acceptors (Lipinski definition) is 3. The van der Waals surface area contributed by atoms with E-state index < -0.39 is 15.8 Å². The van der Waals surface area contributed by atoms with Crippen molar-refractivity contribution in [3.8, 4) is 0 Å². The Morgan fingerprint density at radius 2 is 2.05 bits per heavy atom. The maximum Gasteiger partial charge on any atom is 0.335 e. The third-order valence-electron chi connectivity index (χ3n) is 3.32. The third-order valence-corrected chi connectivity index (χ3v) is 5.11. The molecule has 2 aromatic rings. The molecule has 1 heterocycles.